The van der Waals surface area contributed by atoms with Gasteiger partial charge in [0, 0.05) is 11.0 Å². The summed E-state index contributed by atoms with van der Waals surface area (Å²) in [6.07, 6.45) is 9.85. The molecule has 1 aromatic carbocycles. The predicted octanol–water partition coefficient (Wildman–Crippen LogP) is 4.42. The number of hydrogen-bond acceptors (Lipinski definition) is 0. The molecular weight excluding hydrogens is 216 g/mol. The molecule has 3 rings (SSSR count). The van der Waals surface area contributed by atoms with Crippen molar-refractivity contribution in [1.29, 1.82) is 0 Å². The van der Waals surface area contributed by atoms with E-state index < -0.39 is 0 Å². The summed E-state index contributed by atoms with van der Waals surface area (Å²) < 4.78 is 0. The van der Waals surface area contributed by atoms with Crippen LogP contribution in [0.2, 0.25) is 0 Å². The van der Waals surface area contributed by atoms with Gasteiger partial charge in [-0.15, -0.1) is 0 Å². The molecule has 1 saturated carbocycles. The van der Waals surface area contributed by atoms with Crippen LogP contribution in [-0.4, -0.2) is 0 Å². The van der Waals surface area contributed by atoms with Gasteiger partial charge >= 0.3 is 0 Å². The molecule has 92 valence electrons. The second-order valence-electron chi connectivity index (χ2n) is 5.56. The molecule has 0 saturated heterocycles. The van der Waals surface area contributed by atoms with E-state index in [1.807, 2.05) is 6.07 Å². The number of unbranched alkanes of at least 4 members (excludes halogenated alkanes) is 1. The van der Waals surface area contributed by atoms with Crippen molar-refractivity contribution in [1.82, 2.24) is 0 Å². The van der Waals surface area contributed by atoms with Gasteiger partial charge in [-0.25, -0.2) is 0 Å². The zero-order valence-electron chi connectivity index (χ0n) is 11.0. The van der Waals surface area contributed by atoms with Crippen LogP contribution in [-0.2, 0) is 0 Å². The van der Waals surface area contributed by atoms with Gasteiger partial charge in [-0.2, -0.15) is 0 Å². The van der Waals surface area contributed by atoms with Crippen LogP contribution in [0.15, 0.2) is 42.5 Å². The summed E-state index contributed by atoms with van der Waals surface area (Å²) in [6, 6.07) is 10.4. The third-order valence-corrected chi connectivity index (χ3v) is 4.47. The maximum atomic E-state index is 3.62. The topological polar surface area (TPSA) is 0 Å². The third-order valence-electron chi connectivity index (χ3n) is 4.47. The average Bonchev–Trinajstić information content (AvgIpc) is 2.78. The summed E-state index contributed by atoms with van der Waals surface area (Å²) >= 11 is 0. The van der Waals surface area contributed by atoms with Crippen molar-refractivity contribution in [3.05, 3.63) is 48.0 Å². The van der Waals surface area contributed by atoms with Gasteiger partial charge in [0.15, 0.2) is 0 Å². The molecule has 2 aliphatic carbocycles. The van der Waals surface area contributed by atoms with E-state index in [1.165, 1.54) is 25.7 Å². The summed E-state index contributed by atoms with van der Waals surface area (Å²) in [6.45, 7) is 2.27. The highest BCUT2D eigenvalue weighted by Gasteiger charge is 2.62. The van der Waals surface area contributed by atoms with Gasteiger partial charge in [0.1, 0.15) is 0 Å². The highest BCUT2D eigenvalue weighted by atomic mass is 14.6. The molecule has 0 N–H and O–H groups in total. The Morgan fingerprint density at radius 3 is 2.78 bits per heavy atom. The molecule has 1 aromatic rings. The van der Waals surface area contributed by atoms with E-state index in [0.29, 0.717) is 5.41 Å². The van der Waals surface area contributed by atoms with Gasteiger partial charge in [0.05, 0.1) is 0 Å². The molecule has 0 nitrogen and oxygen atoms in total. The van der Waals surface area contributed by atoms with Crippen LogP contribution in [0.3, 0.4) is 0 Å². The zero-order chi connectivity index (χ0) is 12.4. The predicted molar refractivity (Wildman–Crippen MR) is 76.0 cm³/mol. The SMILES string of the molecule is CCCCC1(C#Cc2ccccc2)C2C=CCC21. The molecule has 1 fully saturated rings. The van der Waals surface area contributed by atoms with Gasteiger partial charge in [-0.05, 0) is 36.8 Å². The lowest BCUT2D eigenvalue weighted by Gasteiger charge is -2.11. The number of allylic oxidation sites excluding steroid dienone is 2. The molecule has 0 amide bonds. The van der Waals surface area contributed by atoms with Gasteiger partial charge < -0.3 is 0 Å². The lowest BCUT2D eigenvalue weighted by molar-refractivity contribution is 0.497. The van der Waals surface area contributed by atoms with E-state index >= 15 is 0 Å². The Morgan fingerprint density at radius 1 is 1.28 bits per heavy atom. The molecule has 0 bridgehead atoms. The van der Waals surface area contributed by atoms with E-state index in [2.05, 4.69) is 55.2 Å². The fraction of sp³-hybridized carbons (Fsp3) is 0.444. The molecule has 0 radical (unpaired) electrons. The minimum absolute atomic E-state index is 0.320. The molecular formula is C18H20. The standard InChI is InChI=1S/C18H20/c1-2-3-13-18(16-10-7-11-17(16)18)14-12-15-8-5-4-6-9-15/h4-10,16-17H,2-3,11,13H2,1H3. The number of fused-ring (bicyclic) bond motifs is 1. The smallest absolute Gasteiger partial charge is 0.0421 e. The van der Waals surface area contributed by atoms with Crippen LogP contribution in [0.1, 0.15) is 38.2 Å². The molecule has 0 aliphatic heterocycles. The third kappa shape index (κ3) is 1.89. The van der Waals surface area contributed by atoms with Crippen molar-refractivity contribution in [3.8, 4) is 11.8 Å². The molecule has 2 aliphatic rings. The number of benzene rings is 1. The van der Waals surface area contributed by atoms with Crippen LogP contribution in [0.4, 0.5) is 0 Å². The second kappa shape index (κ2) is 4.65. The van der Waals surface area contributed by atoms with Gasteiger partial charge in [-0.1, -0.05) is 62.0 Å². The summed E-state index contributed by atoms with van der Waals surface area (Å²) in [5.41, 5.74) is 1.47. The largest absolute Gasteiger partial charge is 0.0901 e. The van der Waals surface area contributed by atoms with Crippen LogP contribution in [0.5, 0.6) is 0 Å². The molecule has 3 atom stereocenters. The Kier molecular flexibility index (Phi) is 3.00. The maximum Gasteiger partial charge on any atom is 0.0421 e. The first-order valence-corrected chi connectivity index (χ1v) is 7.12. The van der Waals surface area contributed by atoms with E-state index in [9.17, 15) is 0 Å². The normalized spacial score (nSPS) is 31.6. The van der Waals surface area contributed by atoms with E-state index in [-0.39, 0.29) is 0 Å². The molecule has 0 heterocycles. The number of rotatable bonds is 3. The van der Waals surface area contributed by atoms with Gasteiger partial charge in [-0.3, -0.25) is 0 Å². The Hall–Kier alpha value is -1.48. The molecule has 0 heteroatoms. The maximum absolute atomic E-state index is 3.62. The molecule has 0 aromatic heterocycles. The second-order valence-corrected chi connectivity index (χ2v) is 5.56. The zero-order valence-corrected chi connectivity index (χ0v) is 11.0. The summed E-state index contributed by atoms with van der Waals surface area (Å²) in [7, 11) is 0. The van der Waals surface area contributed by atoms with Crippen LogP contribution >= 0.6 is 0 Å². The highest BCUT2D eigenvalue weighted by Crippen LogP contribution is 2.66. The first kappa shape index (κ1) is 11.6. The van der Waals surface area contributed by atoms with Crippen molar-refractivity contribution in [2.24, 2.45) is 17.3 Å². The number of hydrogen-bond donors (Lipinski definition) is 0. The average molecular weight is 236 g/mol. The summed E-state index contributed by atoms with van der Waals surface area (Å²) in [5.74, 6) is 8.59. The van der Waals surface area contributed by atoms with E-state index in [1.54, 1.807) is 0 Å². The lowest BCUT2D eigenvalue weighted by Crippen LogP contribution is -2.04. The van der Waals surface area contributed by atoms with Crippen molar-refractivity contribution < 1.29 is 0 Å². The Bertz CT molecular complexity index is 500. The minimum Gasteiger partial charge on any atom is -0.0901 e. The van der Waals surface area contributed by atoms with Crippen LogP contribution in [0.25, 0.3) is 0 Å². The Balaban J connectivity index is 1.80. The lowest BCUT2D eigenvalue weighted by atomic mass is 9.92. The van der Waals surface area contributed by atoms with Crippen LogP contribution < -0.4 is 0 Å². The van der Waals surface area contributed by atoms with Gasteiger partial charge in [0.2, 0.25) is 0 Å². The van der Waals surface area contributed by atoms with Crippen molar-refractivity contribution in [2.75, 3.05) is 0 Å². The van der Waals surface area contributed by atoms with Crippen molar-refractivity contribution in [3.63, 3.8) is 0 Å². The van der Waals surface area contributed by atoms with Gasteiger partial charge in [0.25, 0.3) is 0 Å². The monoisotopic (exact) mass is 236 g/mol. The molecule has 3 unspecified atom stereocenters. The highest BCUT2D eigenvalue weighted by molar-refractivity contribution is 5.42. The Labute approximate surface area is 110 Å². The molecule has 0 spiro atoms. The fourth-order valence-corrected chi connectivity index (χ4v) is 3.36. The van der Waals surface area contributed by atoms with Crippen molar-refractivity contribution >= 4 is 0 Å². The van der Waals surface area contributed by atoms with Crippen LogP contribution in [0, 0.1) is 29.1 Å². The first-order chi connectivity index (χ1) is 8.87. The summed E-state index contributed by atoms with van der Waals surface area (Å²) in [5, 5.41) is 0. The van der Waals surface area contributed by atoms with E-state index in [0.717, 1.165) is 17.4 Å². The fourth-order valence-electron chi connectivity index (χ4n) is 3.36. The summed E-state index contributed by atoms with van der Waals surface area (Å²) in [4.78, 5) is 0. The van der Waals surface area contributed by atoms with Crippen molar-refractivity contribution in [2.45, 2.75) is 32.6 Å². The van der Waals surface area contributed by atoms with E-state index in [4.69, 9.17) is 0 Å². The molecule has 18 heavy (non-hydrogen) atoms. The quantitative estimate of drug-likeness (QED) is 0.538. The minimum atomic E-state index is 0.320. The first-order valence-electron chi connectivity index (χ1n) is 7.12. The Morgan fingerprint density at radius 2 is 2.11 bits per heavy atom.